The Balaban J connectivity index is 2.29. The topological polar surface area (TPSA) is 76.4 Å². The first kappa shape index (κ1) is 17.4. The summed E-state index contributed by atoms with van der Waals surface area (Å²) in [5.74, 6) is 0. The number of nitrogens with one attached hydrogen (secondary N) is 2. The van der Waals surface area contributed by atoms with Gasteiger partial charge in [0.05, 0.1) is 10.7 Å². The van der Waals surface area contributed by atoms with Crippen molar-refractivity contribution in [1.29, 1.82) is 0 Å². The fourth-order valence-corrected chi connectivity index (χ4v) is 1.87. The molecule has 0 aliphatic carbocycles. The second-order valence-corrected chi connectivity index (χ2v) is 6.30. The molecule has 21 heavy (non-hydrogen) atoms. The molecule has 5 nitrogen and oxygen atoms in total. The standard InChI is InChI=1S/C15H24ClN3O2/c1-10-8-12(17)11(16)9-13(10)18-6-5-7-19-14(20)21-15(2,3)4/h8-9,18H,5-7,17H2,1-4H3,(H,19,20). The molecule has 1 amide bonds. The Morgan fingerprint density at radius 3 is 2.62 bits per heavy atom. The lowest BCUT2D eigenvalue weighted by molar-refractivity contribution is 0.0528. The molecule has 118 valence electrons. The number of carbonyl (C=O) groups is 1. The van der Waals surface area contributed by atoms with Gasteiger partial charge in [0.25, 0.3) is 0 Å². The van der Waals surface area contributed by atoms with Crippen LogP contribution in [0, 0.1) is 6.92 Å². The molecule has 0 aliphatic heterocycles. The summed E-state index contributed by atoms with van der Waals surface area (Å²) in [5, 5.41) is 6.52. The third kappa shape index (κ3) is 6.58. The maximum atomic E-state index is 11.4. The van der Waals surface area contributed by atoms with Crippen LogP contribution in [-0.4, -0.2) is 24.8 Å². The van der Waals surface area contributed by atoms with Gasteiger partial charge in [-0.2, -0.15) is 0 Å². The number of alkyl carbamates (subject to hydrolysis) is 1. The highest BCUT2D eigenvalue weighted by Gasteiger charge is 2.15. The van der Waals surface area contributed by atoms with E-state index in [9.17, 15) is 4.79 Å². The number of nitrogen functional groups attached to an aromatic ring is 1. The predicted molar refractivity (Wildman–Crippen MR) is 87.9 cm³/mol. The van der Waals surface area contributed by atoms with Crippen LogP contribution in [0.15, 0.2) is 12.1 Å². The second kappa shape index (κ2) is 7.41. The molecule has 1 rings (SSSR count). The minimum Gasteiger partial charge on any atom is -0.444 e. The molecule has 0 radical (unpaired) electrons. The zero-order valence-electron chi connectivity index (χ0n) is 13.0. The number of halogens is 1. The van der Waals surface area contributed by atoms with Gasteiger partial charge in [-0.25, -0.2) is 4.79 Å². The zero-order valence-corrected chi connectivity index (χ0v) is 13.8. The number of anilines is 2. The molecule has 0 aliphatic rings. The van der Waals surface area contributed by atoms with E-state index in [-0.39, 0.29) is 0 Å². The lowest BCUT2D eigenvalue weighted by Gasteiger charge is -2.19. The fraction of sp³-hybridized carbons (Fsp3) is 0.533. The van der Waals surface area contributed by atoms with Crippen LogP contribution in [0.5, 0.6) is 0 Å². The number of carbonyl (C=O) groups excluding carboxylic acids is 1. The molecule has 0 atom stereocenters. The highest BCUT2D eigenvalue weighted by atomic mass is 35.5. The van der Waals surface area contributed by atoms with Crippen molar-refractivity contribution in [1.82, 2.24) is 5.32 Å². The Morgan fingerprint density at radius 1 is 1.33 bits per heavy atom. The van der Waals surface area contributed by atoms with Crippen molar-refractivity contribution in [3.8, 4) is 0 Å². The van der Waals surface area contributed by atoms with Gasteiger partial charge in [0.2, 0.25) is 0 Å². The molecule has 0 heterocycles. The highest BCUT2D eigenvalue weighted by molar-refractivity contribution is 6.33. The molecule has 0 saturated heterocycles. The number of rotatable bonds is 5. The number of ether oxygens (including phenoxy) is 1. The molecule has 1 aromatic carbocycles. The van der Waals surface area contributed by atoms with Gasteiger partial charge in [-0.3, -0.25) is 0 Å². The molecule has 0 saturated carbocycles. The van der Waals surface area contributed by atoms with E-state index in [0.717, 1.165) is 24.2 Å². The largest absolute Gasteiger partial charge is 0.444 e. The summed E-state index contributed by atoms with van der Waals surface area (Å²) >= 11 is 5.99. The van der Waals surface area contributed by atoms with E-state index in [2.05, 4.69) is 10.6 Å². The van der Waals surface area contributed by atoms with Crippen LogP contribution in [0.3, 0.4) is 0 Å². The molecule has 6 heteroatoms. The zero-order chi connectivity index (χ0) is 16.0. The van der Waals surface area contributed by atoms with Crippen LogP contribution < -0.4 is 16.4 Å². The van der Waals surface area contributed by atoms with Crippen LogP contribution in [0.4, 0.5) is 16.2 Å². The number of benzene rings is 1. The molecule has 0 fully saturated rings. The Kier molecular flexibility index (Phi) is 6.15. The molecular formula is C15H24ClN3O2. The van der Waals surface area contributed by atoms with Crippen molar-refractivity contribution in [3.05, 3.63) is 22.7 Å². The van der Waals surface area contributed by atoms with Gasteiger partial charge < -0.3 is 21.1 Å². The highest BCUT2D eigenvalue weighted by Crippen LogP contribution is 2.26. The summed E-state index contributed by atoms with van der Waals surface area (Å²) in [6, 6.07) is 3.65. The van der Waals surface area contributed by atoms with Gasteiger partial charge in [0, 0.05) is 18.8 Å². The Bertz CT molecular complexity index is 498. The number of hydrogen-bond donors (Lipinski definition) is 3. The van der Waals surface area contributed by atoms with E-state index < -0.39 is 11.7 Å². The number of aryl methyl sites for hydroxylation is 1. The van der Waals surface area contributed by atoms with Gasteiger partial charge in [0.15, 0.2) is 0 Å². The predicted octanol–water partition coefficient (Wildman–Crippen LogP) is 3.56. The van der Waals surface area contributed by atoms with Crippen LogP contribution in [0.2, 0.25) is 5.02 Å². The first-order chi connectivity index (χ1) is 9.69. The first-order valence-corrected chi connectivity index (χ1v) is 7.33. The Hall–Kier alpha value is -1.62. The van der Waals surface area contributed by atoms with Crippen molar-refractivity contribution >= 4 is 29.1 Å². The van der Waals surface area contributed by atoms with Gasteiger partial charge in [0.1, 0.15) is 5.60 Å². The second-order valence-electron chi connectivity index (χ2n) is 5.90. The maximum Gasteiger partial charge on any atom is 0.407 e. The van der Waals surface area contributed by atoms with Crippen molar-refractivity contribution in [3.63, 3.8) is 0 Å². The van der Waals surface area contributed by atoms with Crippen LogP contribution in [-0.2, 0) is 4.74 Å². The Labute approximate surface area is 131 Å². The lowest BCUT2D eigenvalue weighted by atomic mass is 10.1. The smallest absolute Gasteiger partial charge is 0.407 e. The van der Waals surface area contributed by atoms with Crippen molar-refractivity contribution in [2.75, 3.05) is 24.1 Å². The lowest BCUT2D eigenvalue weighted by Crippen LogP contribution is -2.33. The van der Waals surface area contributed by atoms with Gasteiger partial charge in [-0.1, -0.05) is 11.6 Å². The summed E-state index contributed by atoms with van der Waals surface area (Å²) in [6.07, 6.45) is 0.384. The Morgan fingerprint density at radius 2 is 2.00 bits per heavy atom. The fourth-order valence-electron chi connectivity index (χ4n) is 1.71. The van der Waals surface area contributed by atoms with E-state index in [0.29, 0.717) is 17.3 Å². The van der Waals surface area contributed by atoms with E-state index in [1.165, 1.54) is 0 Å². The third-order valence-corrected chi connectivity index (χ3v) is 3.01. The molecule has 1 aromatic rings. The molecule has 4 N–H and O–H groups in total. The minimum atomic E-state index is -0.472. The number of nitrogens with two attached hydrogens (primary N) is 1. The number of amides is 1. The summed E-state index contributed by atoms with van der Waals surface area (Å²) < 4.78 is 5.15. The van der Waals surface area contributed by atoms with Gasteiger partial charge >= 0.3 is 6.09 Å². The van der Waals surface area contributed by atoms with Crippen LogP contribution in [0.25, 0.3) is 0 Å². The summed E-state index contributed by atoms with van der Waals surface area (Å²) in [6.45, 7) is 8.74. The van der Waals surface area contributed by atoms with Crippen LogP contribution in [0.1, 0.15) is 32.8 Å². The molecule has 0 bridgehead atoms. The van der Waals surface area contributed by atoms with E-state index >= 15 is 0 Å². The SMILES string of the molecule is Cc1cc(N)c(Cl)cc1NCCCNC(=O)OC(C)(C)C. The van der Waals surface area contributed by atoms with E-state index in [1.54, 1.807) is 0 Å². The first-order valence-electron chi connectivity index (χ1n) is 6.95. The number of hydrogen-bond acceptors (Lipinski definition) is 4. The van der Waals surface area contributed by atoms with Gasteiger partial charge in [-0.05, 0) is 51.8 Å². The minimum absolute atomic E-state index is 0.394. The summed E-state index contributed by atoms with van der Waals surface area (Å²) in [5.41, 5.74) is 7.82. The molecular weight excluding hydrogens is 290 g/mol. The quantitative estimate of drug-likeness (QED) is 0.574. The molecule has 0 unspecified atom stereocenters. The van der Waals surface area contributed by atoms with Crippen molar-refractivity contribution in [2.24, 2.45) is 0 Å². The average molecular weight is 314 g/mol. The summed E-state index contributed by atoms with van der Waals surface area (Å²) in [7, 11) is 0. The third-order valence-electron chi connectivity index (χ3n) is 2.68. The van der Waals surface area contributed by atoms with Crippen molar-refractivity contribution in [2.45, 2.75) is 39.7 Å². The van der Waals surface area contributed by atoms with E-state index in [1.807, 2.05) is 39.8 Å². The maximum absolute atomic E-state index is 11.4. The molecule has 0 aromatic heterocycles. The van der Waals surface area contributed by atoms with Gasteiger partial charge in [-0.15, -0.1) is 0 Å². The van der Waals surface area contributed by atoms with E-state index in [4.69, 9.17) is 22.1 Å². The summed E-state index contributed by atoms with van der Waals surface area (Å²) in [4.78, 5) is 11.4. The monoisotopic (exact) mass is 313 g/mol. The average Bonchev–Trinajstić information content (AvgIpc) is 2.32. The molecule has 0 spiro atoms. The normalized spacial score (nSPS) is 11.1. The van der Waals surface area contributed by atoms with Crippen molar-refractivity contribution < 1.29 is 9.53 Å². The van der Waals surface area contributed by atoms with Crippen LogP contribution >= 0.6 is 11.6 Å².